The number of carbonyl (C=O) groups excluding carboxylic acids is 1. The maximum absolute atomic E-state index is 12.3. The van der Waals surface area contributed by atoms with Crippen LogP contribution in [0.4, 0.5) is 0 Å². The van der Waals surface area contributed by atoms with Crippen molar-refractivity contribution in [1.29, 1.82) is 0 Å². The van der Waals surface area contributed by atoms with Crippen LogP contribution in [0.1, 0.15) is 64.2 Å². The number of rotatable bonds is 10. The molecule has 0 aliphatic rings. The van der Waals surface area contributed by atoms with Gasteiger partial charge in [0.05, 0.1) is 12.6 Å². The number of terminal acetylenes is 2. The molecule has 0 radical (unpaired) electrons. The van der Waals surface area contributed by atoms with Crippen molar-refractivity contribution in [3.8, 4) is 214 Å². The first-order valence-corrected chi connectivity index (χ1v) is 14.3. The average molecular weight is 735 g/mol. The minimum atomic E-state index is -0.793. The molecule has 0 fully saturated rings. The third-order valence-corrected chi connectivity index (χ3v) is 4.52. The number of carbonyl (C=O) groups is 1. The van der Waals surface area contributed by atoms with Crippen molar-refractivity contribution in [1.82, 2.24) is 15.5 Å². The van der Waals surface area contributed by atoms with Gasteiger partial charge in [-0.3, -0.25) is 4.79 Å². The largest absolute Gasteiger partial charge is 0.395 e. The van der Waals surface area contributed by atoms with Crippen LogP contribution in [0, 0.1) is 214 Å². The Hall–Kier alpha value is -9.03. The molecule has 52 heavy (non-hydrogen) atoms. The smallest absolute Gasteiger partial charge is 0.236 e. The lowest BCUT2D eigenvalue weighted by atomic mass is 10.1. The standard InChI is InChI=1S/C46H22N4O2.36H2/c1-4-6-8-10-12-14-16-18-20-22-24-26-28-30-32-34-41-50(44(3)36-37-45(47)46(52)49-39-38-48-40-43-51)42-35-33-31-29-27-25-23-21-19-17-15-13-11-9-7-5-2;;;;;;;;;;;;;;;;;;;;;;;;;;;;;;;;;;;;/h1-2,45,48,51H,3,36-40,43,47H2,(H,49,52);36*1H. The van der Waals surface area contributed by atoms with Gasteiger partial charge in [0.15, 0.2) is 0 Å². The van der Waals surface area contributed by atoms with Crippen LogP contribution in [-0.2, 0) is 4.79 Å². The van der Waals surface area contributed by atoms with Gasteiger partial charge in [-0.1, -0.05) is 6.58 Å². The SMILES string of the molecule is C#CC#CC#CC#CC#CC#CC#CC#CC#CN(C#CC#CC#CC#CC#CC#CC#CC#CC#C)C(=C)CCC(N)C(=O)NCCNCCO.[HH].[HH].[HH].[HH].[HH].[HH].[HH].[HH].[HH].[HH].[HH].[HH].[HH].[HH].[HH].[HH].[HH].[HH].[HH].[HH].[HH].[HH].[HH].[HH].[HH].[HH].[HH].[HH].[HH].[HH].[HH].[HH].[HH].[HH].[HH].[HH]. The summed E-state index contributed by atoms with van der Waals surface area (Å²) in [5.74, 6) is 78.6. The number of allylic oxidation sites excluding steroid dienone is 1. The molecule has 0 saturated heterocycles. The molecule has 1 unspecified atom stereocenters. The molecule has 0 saturated carbocycles. The first kappa shape index (κ1) is 43.0. The number of aliphatic hydroxyl groups is 1. The van der Waals surface area contributed by atoms with Gasteiger partial charge in [-0.25, -0.2) is 4.90 Å². The third-order valence-electron chi connectivity index (χ3n) is 4.52. The summed E-state index contributed by atoms with van der Waals surface area (Å²) >= 11 is 0. The molecule has 310 valence electrons. The second-order valence-corrected chi connectivity index (χ2v) is 8.07. The van der Waals surface area contributed by atoms with Crippen molar-refractivity contribution in [2.45, 2.75) is 18.9 Å². The molecular formula is C46H94N4O2. The zero-order valence-corrected chi connectivity index (χ0v) is 27.6. The van der Waals surface area contributed by atoms with Crippen molar-refractivity contribution < 1.29 is 61.3 Å². The highest BCUT2D eigenvalue weighted by molar-refractivity contribution is 5.81. The normalized spacial score (nSPS) is 6.69. The monoisotopic (exact) mass is 735 g/mol. The van der Waals surface area contributed by atoms with E-state index >= 15 is 0 Å². The van der Waals surface area contributed by atoms with E-state index in [9.17, 15) is 4.79 Å². The Morgan fingerprint density at radius 2 is 0.904 bits per heavy atom. The summed E-state index contributed by atoms with van der Waals surface area (Å²) < 4.78 is 0. The van der Waals surface area contributed by atoms with Gasteiger partial charge < -0.3 is 21.5 Å². The predicted molar refractivity (Wildman–Crippen MR) is 279 cm³/mol. The Morgan fingerprint density at radius 1 is 0.577 bits per heavy atom. The zero-order chi connectivity index (χ0) is 38.0. The molecule has 0 aromatic carbocycles. The number of nitrogens with one attached hydrogen (secondary N) is 2. The topological polar surface area (TPSA) is 90.6 Å². The van der Waals surface area contributed by atoms with E-state index in [2.05, 4.69) is 219 Å². The summed E-state index contributed by atoms with van der Waals surface area (Å²) in [7, 11) is 0. The van der Waals surface area contributed by atoms with E-state index in [1.165, 1.54) is 4.90 Å². The quantitative estimate of drug-likeness (QED) is 0.105. The summed E-state index contributed by atoms with van der Waals surface area (Å²) in [6.07, 6.45) is 10.5. The van der Waals surface area contributed by atoms with Gasteiger partial charge in [-0.15, -0.1) is 12.8 Å². The van der Waals surface area contributed by atoms with E-state index in [-0.39, 0.29) is 70.3 Å². The van der Waals surface area contributed by atoms with E-state index in [0.29, 0.717) is 31.8 Å². The summed E-state index contributed by atoms with van der Waals surface area (Å²) in [5, 5.41) is 14.5. The number of hydrogen-bond donors (Lipinski definition) is 4. The van der Waals surface area contributed by atoms with Gasteiger partial charge >= 0.3 is 0 Å². The second-order valence-electron chi connectivity index (χ2n) is 8.07. The maximum Gasteiger partial charge on any atom is 0.236 e. The van der Waals surface area contributed by atoms with Crippen LogP contribution in [0.3, 0.4) is 0 Å². The molecule has 0 heterocycles. The van der Waals surface area contributed by atoms with E-state index in [1.54, 1.807) is 0 Å². The van der Waals surface area contributed by atoms with Crippen LogP contribution in [-0.4, -0.2) is 48.2 Å². The summed E-state index contributed by atoms with van der Waals surface area (Å²) in [6, 6.07) is 4.70. The average Bonchev–Trinajstić information content (AvgIpc) is 3.15. The molecule has 0 aliphatic carbocycles. The third kappa shape index (κ3) is 29.7. The molecule has 0 aromatic rings. The number of hydrogen-bond acceptors (Lipinski definition) is 5. The minimum absolute atomic E-state index is 0. The lowest BCUT2D eigenvalue weighted by Gasteiger charge is -2.16. The number of amides is 1. The first-order chi connectivity index (χ1) is 25.6. The molecule has 0 aliphatic heterocycles. The molecule has 1 amide bonds. The van der Waals surface area contributed by atoms with Crippen LogP contribution >= 0.6 is 0 Å². The number of aliphatic hydroxyl groups excluding tert-OH is 1. The van der Waals surface area contributed by atoms with E-state index in [1.807, 2.05) is 0 Å². The highest BCUT2D eigenvalue weighted by Crippen LogP contribution is 2.09. The number of nitrogens with two attached hydrogens (primary N) is 1. The summed E-state index contributed by atoms with van der Waals surface area (Å²) in [6.45, 7) is 5.29. The fourth-order valence-electron chi connectivity index (χ4n) is 2.41. The van der Waals surface area contributed by atoms with Gasteiger partial charge in [-0.05, 0) is 108 Å². The lowest BCUT2D eigenvalue weighted by Crippen LogP contribution is -2.43. The van der Waals surface area contributed by atoms with Gasteiger partial charge in [0.1, 0.15) is 0 Å². The molecular weight excluding hydrogens is 641 g/mol. The van der Waals surface area contributed by atoms with Crippen molar-refractivity contribution in [2.24, 2.45) is 5.73 Å². The highest BCUT2D eigenvalue weighted by Gasteiger charge is 2.14. The van der Waals surface area contributed by atoms with Gasteiger partial charge in [0.25, 0.3) is 0 Å². The Labute approximate surface area is 361 Å². The van der Waals surface area contributed by atoms with Crippen molar-refractivity contribution in [3.05, 3.63) is 12.3 Å². The van der Waals surface area contributed by atoms with Crippen LogP contribution in [0.5, 0.6) is 0 Å². The molecule has 5 N–H and O–H groups in total. The van der Waals surface area contributed by atoms with Crippen LogP contribution < -0.4 is 16.4 Å². The molecule has 0 aromatic heterocycles. The molecule has 6 heteroatoms. The molecule has 6 nitrogen and oxygen atoms in total. The molecule has 1 atom stereocenters. The maximum atomic E-state index is 12.3. The van der Waals surface area contributed by atoms with E-state index in [0.717, 1.165) is 0 Å². The zero-order valence-electron chi connectivity index (χ0n) is 27.6. The fraction of sp³-hybridized carbons (Fsp3) is 0.152. The molecule has 0 spiro atoms. The Balaban J connectivity index is -0.0000000206. The Morgan fingerprint density at radius 3 is 1.23 bits per heavy atom. The predicted octanol–water partition coefficient (Wildman–Crippen LogP) is 7.70. The van der Waals surface area contributed by atoms with Crippen LogP contribution in [0.15, 0.2) is 12.3 Å². The molecule has 0 bridgehead atoms. The van der Waals surface area contributed by atoms with Crippen molar-refractivity contribution in [2.75, 3.05) is 26.2 Å². The first-order valence-electron chi connectivity index (χ1n) is 14.3. The fourth-order valence-corrected chi connectivity index (χ4v) is 2.41. The van der Waals surface area contributed by atoms with Crippen LogP contribution in [0.2, 0.25) is 0 Å². The lowest BCUT2D eigenvalue weighted by molar-refractivity contribution is -0.122. The van der Waals surface area contributed by atoms with Crippen LogP contribution in [0.25, 0.3) is 0 Å². The van der Waals surface area contributed by atoms with Gasteiger partial charge in [0.2, 0.25) is 5.91 Å². The Bertz CT molecular complexity index is 2440. The van der Waals surface area contributed by atoms with Crippen molar-refractivity contribution >= 4 is 5.91 Å². The van der Waals surface area contributed by atoms with E-state index < -0.39 is 6.04 Å². The number of nitrogens with zero attached hydrogens (tertiary/aromatic N) is 1. The minimum Gasteiger partial charge on any atom is -0.395 e. The van der Waals surface area contributed by atoms with Crippen molar-refractivity contribution in [3.63, 3.8) is 0 Å². The summed E-state index contributed by atoms with van der Waals surface area (Å²) in [5.41, 5.74) is 6.48. The Kier molecular flexibility index (Phi) is 28.8. The summed E-state index contributed by atoms with van der Waals surface area (Å²) in [4.78, 5) is 13.6. The van der Waals surface area contributed by atoms with E-state index in [4.69, 9.17) is 23.7 Å². The van der Waals surface area contributed by atoms with Gasteiger partial charge in [0, 0.05) is 184 Å². The van der Waals surface area contributed by atoms with Gasteiger partial charge in [-0.2, -0.15) is 0 Å². The molecule has 0 rings (SSSR count). The highest BCUT2D eigenvalue weighted by atomic mass is 16.3. The second kappa shape index (κ2) is 34.8.